The smallest absolute Gasteiger partial charge is 0.119 e. The van der Waals surface area contributed by atoms with Gasteiger partial charge >= 0.3 is 0 Å². The van der Waals surface area contributed by atoms with E-state index in [0.29, 0.717) is 0 Å². The monoisotopic (exact) mass is 474 g/mol. The van der Waals surface area contributed by atoms with Gasteiger partial charge in [-0.05, 0) is 83.9 Å². The second-order valence-corrected chi connectivity index (χ2v) is 14.0. The van der Waals surface area contributed by atoms with Gasteiger partial charge in [-0.25, -0.2) is 0 Å². The van der Waals surface area contributed by atoms with Gasteiger partial charge in [0.2, 0.25) is 0 Å². The molecule has 5 rings (SSSR count). The fourth-order valence-electron chi connectivity index (χ4n) is 5.08. The predicted octanol–water partition coefficient (Wildman–Crippen LogP) is 8.72. The van der Waals surface area contributed by atoms with E-state index in [1.807, 2.05) is 24.3 Å². The summed E-state index contributed by atoms with van der Waals surface area (Å²) < 4.78 is 0. The molecule has 0 amide bonds. The summed E-state index contributed by atoms with van der Waals surface area (Å²) in [5.74, 6) is 0. The molecule has 35 heavy (non-hydrogen) atoms. The van der Waals surface area contributed by atoms with Gasteiger partial charge in [-0.2, -0.15) is 20.5 Å². The van der Waals surface area contributed by atoms with Crippen LogP contribution in [0.4, 0.5) is 22.7 Å². The third-order valence-electron chi connectivity index (χ3n) is 7.16. The van der Waals surface area contributed by atoms with Crippen molar-refractivity contribution >= 4 is 41.2 Å². The van der Waals surface area contributed by atoms with Crippen molar-refractivity contribution < 1.29 is 0 Å². The summed E-state index contributed by atoms with van der Waals surface area (Å²) in [6, 6.07) is 31.8. The van der Waals surface area contributed by atoms with Gasteiger partial charge in [0.15, 0.2) is 0 Å². The number of aryl methyl sites for hydroxylation is 2. The molecule has 1 heterocycles. The first-order chi connectivity index (χ1) is 17.0. The van der Waals surface area contributed by atoms with Gasteiger partial charge < -0.3 is 0 Å². The van der Waals surface area contributed by atoms with Crippen LogP contribution in [0.2, 0.25) is 12.1 Å². The summed E-state index contributed by atoms with van der Waals surface area (Å²) in [4.78, 5) is 0. The Labute approximate surface area is 208 Å². The lowest BCUT2D eigenvalue weighted by Crippen LogP contribution is -2.53. The fourth-order valence-corrected chi connectivity index (χ4v) is 9.64. The molecule has 0 saturated heterocycles. The molecule has 0 spiro atoms. The van der Waals surface area contributed by atoms with Gasteiger partial charge in [0, 0.05) is 0 Å². The number of nitrogens with zero attached hydrogens (tertiary/aromatic N) is 4. The molecule has 0 atom stereocenters. The Morgan fingerprint density at radius 1 is 0.486 bits per heavy atom. The molecule has 4 aromatic carbocycles. The van der Waals surface area contributed by atoms with Gasteiger partial charge in [0.1, 0.15) is 8.07 Å². The summed E-state index contributed by atoms with van der Waals surface area (Å²) in [7, 11) is -1.80. The number of hydrogen-bond donors (Lipinski definition) is 0. The Bertz CT molecular complexity index is 1310. The third-order valence-corrected chi connectivity index (χ3v) is 12.5. The van der Waals surface area contributed by atoms with Crippen LogP contribution in [0.1, 0.15) is 25.0 Å². The third kappa shape index (κ3) is 4.39. The molecule has 0 N–H and O–H groups in total. The normalized spacial score (nSPS) is 13.9. The zero-order chi connectivity index (χ0) is 24.4. The van der Waals surface area contributed by atoms with Gasteiger partial charge in [0.25, 0.3) is 0 Å². The van der Waals surface area contributed by atoms with E-state index in [0.717, 1.165) is 22.7 Å². The highest BCUT2D eigenvalue weighted by molar-refractivity contribution is 7.05. The average Bonchev–Trinajstić information content (AvgIpc) is 3.17. The van der Waals surface area contributed by atoms with Crippen LogP contribution in [0.3, 0.4) is 0 Å². The Morgan fingerprint density at radius 3 is 1.20 bits per heavy atom. The van der Waals surface area contributed by atoms with E-state index >= 15 is 0 Å². The van der Waals surface area contributed by atoms with Crippen LogP contribution in [-0.4, -0.2) is 8.07 Å². The van der Waals surface area contributed by atoms with E-state index in [9.17, 15) is 0 Å². The lowest BCUT2D eigenvalue weighted by molar-refractivity contribution is 1.23. The zero-order valence-corrected chi connectivity index (χ0v) is 21.8. The van der Waals surface area contributed by atoms with E-state index in [-0.39, 0.29) is 0 Å². The lowest BCUT2D eigenvalue weighted by Gasteiger charge is -2.26. The minimum absolute atomic E-state index is 0.862. The van der Waals surface area contributed by atoms with Crippen molar-refractivity contribution in [3.63, 3.8) is 0 Å². The first-order valence-corrected chi connectivity index (χ1v) is 14.7. The van der Waals surface area contributed by atoms with Crippen LogP contribution in [0, 0.1) is 13.8 Å². The molecule has 1 aliphatic rings. The minimum Gasteiger partial charge on any atom is -0.151 e. The van der Waals surface area contributed by atoms with Crippen LogP contribution in [0.5, 0.6) is 0 Å². The van der Waals surface area contributed by atoms with Crippen molar-refractivity contribution in [1.82, 2.24) is 0 Å². The minimum atomic E-state index is -1.80. The number of rotatable bonds is 6. The van der Waals surface area contributed by atoms with E-state index in [4.69, 9.17) is 0 Å². The maximum Gasteiger partial charge on any atom is 0.119 e. The molecule has 174 valence electrons. The molecule has 0 bridgehead atoms. The van der Waals surface area contributed by atoms with Gasteiger partial charge in [-0.15, -0.1) is 0 Å². The second kappa shape index (κ2) is 9.51. The first-order valence-electron chi connectivity index (χ1n) is 12.3. The number of hydrogen-bond acceptors (Lipinski definition) is 4. The van der Waals surface area contributed by atoms with E-state index in [1.54, 1.807) is 0 Å². The van der Waals surface area contributed by atoms with Crippen LogP contribution in [0.15, 0.2) is 105 Å². The Morgan fingerprint density at radius 2 is 0.829 bits per heavy atom. The lowest BCUT2D eigenvalue weighted by atomic mass is 10.0. The maximum atomic E-state index is 4.56. The molecule has 5 heteroatoms. The first kappa shape index (κ1) is 23.1. The molecular formula is C30H30N4Si. The van der Waals surface area contributed by atoms with Gasteiger partial charge in [0.05, 0.1) is 22.7 Å². The standard InChI is InChI=1S/C30H30N4Si/c1-5-35(6-2)29-17-15-25(33-31-23-11-7-21(3)8-12-23)19-27(29)28-20-26(16-18-30(28)35)34-32-24-13-9-22(4)10-14-24/h7-20H,5-6H2,1-4H3. The molecule has 0 unspecified atom stereocenters. The van der Waals surface area contributed by atoms with E-state index in [2.05, 4.69) is 109 Å². The fraction of sp³-hybridized carbons (Fsp3) is 0.200. The van der Waals surface area contributed by atoms with Crippen molar-refractivity contribution in [1.29, 1.82) is 0 Å². The Kier molecular flexibility index (Phi) is 6.26. The second-order valence-electron chi connectivity index (χ2n) is 9.32. The summed E-state index contributed by atoms with van der Waals surface area (Å²) in [6.07, 6.45) is 0. The molecule has 4 nitrogen and oxygen atoms in total. The SMILES string of the molecule is CC[Si]1(CC)c2ccc(N=Nc3ccc(C)cc3)cc2-c2cc(N=Nc3ccc(C)cc3)ccc21. The van der Waals surface area contributed by atoms with Gasteiger partial charge in [-0.1, -0.05) is 73.5 Å². The molecule has 0 radical (unpaired) electrons. The van der Waals surface area contributed by atoms with Crippen LogP contribution in [0.25, 0.3) is 11.1 Å². The highest BCUT2D eigenvalue weighted by Gasteiger charge is 2.42. The van der Waals surface area contributed by atoms with Crippen molar-refractivity contribution in [2.24, 2.45) is 20.5 Å². The maximum absolute atomic E-state index is 4.56. The number of benzene rings is 4. The molecular weight excluding hydrogens is 444 g/mol. The van der Waals surface area contributed by atoms with Crippen molar-refractivity contribution in [3.05, 3.63) is 96.1 Å². The average molecular weight is 475 g/mol. The number of azo groups is 2. The molecule has 0 aromatic heterocycles. The summed E-state index contributed by atoms with van der Waals surface area (Å²) in [6.45, 7) is 8.82. The Hall–Kier alpha value is -3.70. The van der Waals surface area contributed by atoms with Crippen LogP contribution < -0.4 is 10.4 Å². The van der Waals surface area contributed by atoms with Gasteiger partial charge in [-0.3, -0.25) is 0 Å². The van der Waals surface area contributed by atoms with Crippen LogP contribution >= 0.6 is 0 Å². The summed E-state index contributed by atoms with van der Waals surface area (Å²) in [5.41, 5.74) is 8.47. The molecule has 0 aliphatic carbocycles. The quantitative estimate of drug-likeness (QED) is 0.198. The van der Waals surface area contributed by atoms with Crippen molar-refractivity contribution in [2.75, 3.05) is 0 Å². The van der Waals surface area contributed by atoms with Crippen LogP contribution in [-0.2, 0) is 0 Å². The highest BCUT2D eigenvalue weighted by Crippen LogP contribution is 2.37. The highest BCUT2D eigenvalue weighted by atomic mass is 28.3. The molecule has 1 aliphatic heterocycles. The molecule has 4 aromatic rings. The summed E-state index contributed by atoms with van der Waals surface area (Å²) >= 11 is 0. The Balaban J connectivity index is 1.54. The molecule has 0 fully saturated rings. The van der Waals surface area contributed by atoms with E-state index < -0.39 is 8.07 Å². The van der Waals surface area contributed by atoms with E-state index in [1.165, 1.54) is 44.7 Å². The molecule has 0 saturated carbocycles. The topological polar surface area (TPSA) is 49.4 Å². The largest absolute Gasteiger partial charge is 0.151 e. The predicted molar refractivity (Wildman–Crippen MR) is 149 cm³/mol. The van der Waals surface area contributed by atoms with Crippen molar-refractivity contribution in [2.45, 2.75) is 39.8 Å². The number of fused-ring (bicyclic) bond motifs is 3. The summed E-state index contributed by atoms with van der Waals surface area (Å²) in [5, 5.41) is 21.0. The van der Waals surface area contributed by atoms with Crippen molar-refractivity contribution in [3.8, 4) is 11.1 Å². The zero-order valence-electron chi connectivity index (χ0n) is 20.8.